The summed E-state index contributed by atoms with van der Waals surface area (Å²) in [5, 5.41) is 10.9. The van der Waals surface area contributed by atoms with Crippen LogP contribution in [0.5, 0.6) is 0 Å². The summed E-state index contributed by atoms with van der Waals surface area (Å²) in [6.45, 7) is 6.80. The second-order valence-corrected chi connectivity index (χ2v) is 12.3. The first kappa shape index (κ1) is 32.8. The first-order chi connectivity index (χ1) is 22.2. The number of halogens is 1. The van der Waals surface area contributed by atoms with Gasteiger partial charge in [-0.3, -0.25) is 14.9 Å². The Balaban J connectivity index is 1.19. The maximum Gasteiger partial charge on any atom is 0.410 e. The number of non-ortho nitro benzene ring substituents is 1. The average molecular weight is 629 g/mol. The van der Waals surface area contributed by atoms with E-state index in [0.29, 0.717) is 29.5 Å². The first-order valence-electron chi connectivity index (χ1n) is 15.8. The fraction of sp³-hybridized carbons (Fsp3) is 0.389. The molecule has 3 aromatic rings. The second-order valence-electron chi connectivity index (χ2n) is 12.3. The summed E-state index contributed by atoms with van der Waals surface area (Å²) in [5.74, 6) is 0.197. The van der Waals surface area contributed by atoms with E-state index in [1.807, 2.05) is 18.0 Å². The zero-order valence-electron chi connectivity index (χ0n) is 26.2. The highest BCUT2D eigenvalue weighted by Crippen LogP contribution is 2.42. The molecule has 2 amide bonds. The molecule has 0 spiro atoms. The van der Waals surface area contributed by atoms with Crippen molar-refractivity contribution in [2.45, 2.75) is 50.3 Å². The fourth-order valence-corrected chi connectivity index (χ4v) is 6.88. The van der Waals surface area contributed by atoms with E-state index in [-0.39, 0.29) is 36.1 Å². The molecule has 5 rings (SSSR count). The van der Waals surface area contributed by atoms with Crippen molar-refractivity contribution in [2.24, 2.45) is 5.92 Å². The molecule has 1 aliphatic carbocycles. The van der Waals surface area contributed by atoms with Crippen molar-refractivity contribution in [3.63, 3.8) is 0 Å². The van der Waals surface area contributed by atoms with Crippen molar-refractivity contribution in [1.82, 2.24) is 14.7 Å². The van der Waals surface area contributed by atoms with Crippen LogP contribution in [0.15, 0.2) is 91.5 Å². The summed E-state index contributed by atoms with van der Waals surface area (Å²) in [7, 11) is 1.85. The van der Waals surface area contributed by atoms with Crippen LogP contribution >= 0.6 is 0 Å². The molecule has 3 atom stereocenters. The molecule has 46 heavy (non-hydrogen) atoms. The third-order valence-corrected chi connectivity index (χ3v) is 9.42. The smallest absolute Gasteiger partial charge is 0.410 e. The van der Waals surface area contributed by atoms with Gasteiger partial charge in [0.1, 0.15) is 12.4 Å². The number of rotatable bonds is 11. The van der Waals surface area contributed by atoms with Gasteiger partial charge in [0.15, 0.2) is 0 Å². The Kier molecular flexibility index (Phi) is 10.8. The Morgan fingerprint density at radius 2 is 1.67 bits per heavy atom. The molecule has 10 heteroatoms. The molecule has 0 unspecified atom stereocenters. The third kappa shape index (κ3) is 7.98. The number of amides is 2. The highest BCUT2D eigenvalue weighted by atomic mass is 19.1. The van der Waals surface area contributed by atoms with E-state index in [1.165, 1.54) is 29.8 Å². The van der Waals surface area contributed by atoms with Crippen molar-refractivity contribution >= 4 is 17.7 Å². The Morgan fingerprint density at radius 3 is 2.30 bits per heavy atom. The van der Waals surface area contributed by atoms with E-state index in [4.69, 9.17) is 4.74 Å². The molecule has 0 N–H and O–H groups in total. The molecule has 1 saturated heterocycles. The summed E-state index contributed by atoms with van der Waals surface area (Å²) in [5.41, 5.74) is 2.44. The second kappa shape index (κ2) is 15.1. The number of benzene rings is 3. The number of carbonyl (C=O) groups is 2. The van der Waals surface area contributed by atoms with E-state index in [2.05, 4.69) is 35.7 Å². The summed E-state index contributed by atoms with van der Waals surface area (Å²) >= 11 is 0. The summed E-state index contributed by atoms with van der Waals surface area (Å²) in [6, 6.07) is 22.3. The molecule has 2 aliphatic rings. The lowest BCUT2D eigenvalue weighted by Gasteiger charge is -2.39. The van der Waals surface area contributed by atoms with Crippen molar-refractivity contribution in [3.8, 4) is 0 Å². The van der Waals surface area contributed by atoms with Gasteiger partial charge in [0.05, 0.1) is 4.92 Å². The monoisotopic (exact) mass is 628 g/mol. The molecule has 242 valence electrons. The Morgan fingerprint density at radius 1 is 1.00 bits per heavy atom. The molecular formula is C36H41FN4O5. The van der Waals surface area contributed by atoms with Gasteiger partial charge in [0.25, 0.3) is 11.6 Å². The Labute approximate surface area is 269 Å². The molecule has 1 heterocycles. The number of piperidine rings is 1. The number of likely N-dealkylation sites (tertiary alicyclic amines) is 1. The predicted molar refractivity (Wildman–Crippen MR) is 174 cm³/mol. The van der Waals surface area contributed by atoms with Crippen molar-refractivity contribution < 1.29 is 23.6 Å². The van der Waals surface area contributed by atoms with Gasteiger partial charge in [0.2, 0.25) is 0 Å². The Hall–Kier alpha value is -4.57. The minimum Gasteiger partial charge on any atom is -0.445 e. The minimum absolute atomic E-state index is 0.0103. The maximum atomic E-state index is 13.5. The zero-order chi connectivity index (χ0) is 32.6. The van der Waals surface area contributed by atoms with Crippen molar-refractivity contribution in [1.29, 1.82) is 0 Å². The predicted octanol–water partition coefficient (Wildman–Crippen LogP) is 6.66. The SMILES string of the molecule is C=CCN(C(=O)OCc1ccc([N+](=O)[O-])cc1)C1CCN(C[C@H]2C[C@@H](N(C)C(=O)c3ccc(F)cc3)C[C@@H]2c2ccccc2)CC1. The van der Waals surface area contributed by atoms with E-state index in [9.17, 15) is 24.1 Å². The minimum atomic E-state index is -0.462. The Bertz CT molecular complexity index is 1490. The maximum absolute atomic E-state index is 13.5. The van der Waals surface area contributed by atoms with E-state index < -0.39 is 11.0 Å². The number of hydrogen-bond acceptors (Lipinski definition) is 6. The molecule has 3 aromatic carbocycles. The molecule has 0 radical (unpaired) electrons. The largest absolute Gasteiger partial charge is 0.445 e. The van der Waals surface area contributed by atoms with Gasteiger partial charge in [-0.05, 0) is 85.0 Å². The van der Waals surface area contributed by atoms with E-state index >= 15 is 0 Å². The first-order valence-corrected chi connectivity index (χ1v) is 15.8. The molecule has 2 fully saturated rings. The van der Waals surface area contributed by atoms with Crippen LogP contribution in [-0.2, 0) is 11.3 Å². The molecule has 1 aliphatic heterocycles. The molecular weight excluding hydrogens is 587 g/mol. The van der Waals surface area contributed by atoms with Crippen molar-refractivity contribution in [3.05, 3.63) is 124 Å². The van der Waals surface area contributed by atoms with Gasteiger partial charge < -0.3 is 19.4 Å². The number of carbonyl (C=O) groups excluding carboxylic acids is 2. The van der Waals surface area contributed by atoms with Crippen LogP contribution < -0.4 is 0 Å². The van der Waals surface area contributed by atoms with Crippen LogP contribution in [0.25, 0.3) is 0 Å². The highest BCUT2D eigenvalue weighted by molar-refractivity contribution is 5.94. The van der Waals surface area contributed by atoms with Gasteiger partial charge in [-0.25, -0.2) is 9.18 Å². The normalized spacial score (nSPS) is 20.2. The lowest BCUT2D eigenvalue weighted by Crippen LogP contribution is -2.48. The topological polar surface area (TPSA) is 96.2 Å². The van der Waals surface area contributed by atoms with Crippen LogP contribution in [0.1, 0.15) is 53.1 Å². The number of hydrogen-bond donors (Lipinski definition) is 0. The molecule has 1 saturated carbocycles. The third-order valence-electron chi connectivity index (χ3n) is 9.42. The molecule has 0 aromatic heterocycles. The van der Waals surface area contributed by atoms with Crippen LogP contribution in [0.3, 0.4) is 0 Å². The van der Waals surface area contributed by atoms with Crippen LogP contribution in [-0.4, -0.2) is 76.9 Å². The quantitative estimate of drug-likeness (QED) is 0.134. The lowest BCUT2D eigenvalue weighted by molar-refractivity contribution is -0.384. The highest BCUT2D eigenvalue weighted by Gasteiger charge is 2.40. The zero-order valence-corrected chi connectivity index (χ0v) is 26.2. The van der Waals surface area contributed by atoms with Gasteiger partial charge >= 0.3 is 6.09 Å². The fourth-order valence-electron chi connectivity index (χ4n) is 6.88. The van der Waals surface area contributed by atoms with Gasteiger partial charge in [0, 0.05) is 63.0 Å². The molecule has 9 nitrogen and oxygen atoms in total. The summed E-state index contributed by atoms with van der Waals surface area (Å²) < 4.78 is 19.1. The van der Waals surface area contributed by atoms with Crippen LogP contribution in [0, 0.1) is 21.8 Å². The van der Waals surface area contributed by atoms with Crippen molar-refractivity contribution in [2.75, 3.05) is 33.2 Å². The van der Waals surface area contributed by atoms with Gasteiger partial charge in [-0.1, -0.05) is 36.4 Å². The summed E-state index contributed by atoms with van der Waals surface area (Å²) in [6.07, 6.45) is 4.62. The lowest BCUT2D eigenvalue weighted by atomic mass is 9.88. The van der Waals surface area contributed by atoms with Gasteiger partial charge in [-0.2, -0.15) is 0 Å². The van der Waals surface area contributed by atoms with Crippen LogP contribution in [0.4, 0.5) is 14.9 Å². The molecule has 0 bridgehead atoms. The average Bonchev–Trinajstić information content (AvgIpc) is 3.50. The summed E-state index contributed by atoms with van der Waals surface area (Å²) in [4.78, 5) is 42.8. The van der Waals surface area contributed by atoms with Crippen LogP contribution in [0.2, 0.25) is 0 Å². The van der Waals surface area contributed by atoms with E-state index in [0.717, 1.165) is 45.3 Å². The number of nitro groups is 1. The standard InChI is InChI=1S/C36H41FN4O5/c1-3-19-40(36(43)46-25-26-9-15-32(16-10-26)41(44)45)31-17-20-39(21-18-31)24-29-22-33(23-34(29)27-7-5-4-6-8-27)38(2)35(42)28-11-13-30(37)14-12-28/h3-16,29,31,33-34H,1,17-25H2,2H3/t29-,33-,34-/m1/s1. The van der Waals surface area contributed by atoms with E-state index in [1.54, 1.807) is 35.2 Å². The van der Waals surface area contributed by atoms with Gasteiger partial charge in [-0.15, -0.1) is 6.58 Å². The number of nitrogens with zero attached hydrogens (tertiary/aromatic N) is 4. The number of nitro benzene ring substituents is 1. The number of ether oxygens (including phenoxy) is 1.